The van der Waals surface area contributed by atoms with Crippen molar-refractivity contribution in [2.75, 3.05) is 6.26 Å². The van der Waals surface area contributed by atoms with Gasteiger partial charge in [-0.25, -0.2) is 15.0 Å². The van der Waals surface area contributed by atoms with Crippen LogP contribution in [0.4, 0.5) is 0 Å². The van der Waals surface area contributed by atoms with Gasteiger partial charge in [0.05, 0.1) is 22.4 Å². The molecule has 0 bridgehead atoms. The summed E-state index contributed by atoms with van der Waals surface area (Å²) in [4.78, 5) is 20.3. The number of thiophene rings is 1. The molecule has 0 fully saturated rings. The summed E-state index contributed by atoms with van der Waals surface area (Å²) in [5.41, 5.74) is 1.89. The second-order valence-corrected chi connectivity index (χ2v) is 8.65. The maximum atomic E-state index is 12.1. The molecule has 0 N–H and O–H groups in total. The Hall–Kier alpha value is -2.59. The Morgan fingerprint density at radius 1 is 1.19 bits per heavy atom. The molecular weight excluding hydrogens is 382 g/mol. The highest BCUT2D eigenvalue weighted by molar-refractivity contribution is 7.84. The molecule has 0 aromatic carbocycles. The highest BCUT2D eigenvalue weighted by Crippen LogP contribution is 2.39. The van der Waals surface area contributed by atoms with E-state index in [1.165, 1.54) is 16.9 Å². The van der Waals surface area contributed by atoms with Crippen LogP contribution in [0.5, 0.6) is 0 Å². The predicted octanol–water partition coefficient (Wildman–Crippen LogP) is 2.35. The monoisotopic (exact) mass is 397 g/mol. The average molecular weight is 397 g/mol. The van der Waals surface area contributed by atoms with Crippen molar-refractivity contribution >= 4 is 32.4 Å². The molecule has 8 nitrogen and oxygen atoms in total. The van der Waals surface area contributed by atoms with Gasteiger partial charge >= 0.3 is 0 Å². The average Bonchev–Trinajstić information content (AvgIpc) is 3.32. The Morgan fingerprint density at radius 3 is 2.89 bits per heavy atom. The maximum absolute atomic E-state index is 12.1. The fourth-order valence-electron chi connectivity index (χ4n) is 3.41. The van der Waals surface area contributed by atoms with E-state index in [-0.39, 0.29) is 0 Å². The minimum absolute atomic E-state index is 0.371. The molecule has 1 atom stereocenters. The highest BCUT2D eigenvalue weighted by Gasteiger charge is 2.24. The summed E-state index contributed by atoms with van der Waals surface area (Å²) in [6.45, 7) is 0. The van der Waals surface area contributed by atoms with Crippen LogP contribution in [-0.4, -0.2) is 45.2 Å². The maximum Gasteiger partial charge on any atom is 0.226 e. The third kappa shape index (κ3) is 2.76. The van der Waals surface area contributed by atoms with Crippen molar-refractivity contribution in [2.24, 2.45) is 0 Å². The largest absolute Gasteiger partial charge is 0.261 e. The molecule has 1 aliphatic rings. The van der Waals surface area contributed by atoms with E-state index in [2.05, 4.69) is 20.2 Å². The fraction of sp³-hybridized carbons (Fsp3) is 0.294. The van der Waals surface area contributed by atoms with Crippen LogP contribution in [0, 0.1) is 0 Å². The number of hydrogen-bond donors (Lipinski definition) is 0. The molecule has 1 unspecified atom stereocenters. The summed E-state index contributed by atoms with van der Waals surface area (Å²) in [6, 6.07) is 0. The normalized spacial score (nSPS) is 15.0. The Labute approximate surface area is 161 Å². The van der Waals surface area contributed by atoms with Gasteiger partial charge in [-0.05, 0) is 31.2 Å². The summed E-state index contributed by atoms with van der Waals surface area (Å²) < 4.78 is 13.9. The molecule has 27 heavy (non-hydrogen) atoms. The second kappa shape index (κ2) is 6.54. The molecular formula is C17H15N7OS2. The SMILES string of the molecule is CS(=O)c1nncn1-c1nc(-c2cnccn2)nc2sc3c(c12)CCCC3. The van der Waals surface area contributed by atoms with Crippen LogP contribution in [0.3, 0.4) is 0 Å². The highest BCUT2D eigenvalue weighted by atomic mass is 32.2. The summed E-state index contributed by atoms with van der Waals surface area (Å²) in [5.74, 6) is 1.15. The molecule has 0 aliphatic heterocycles. The summed E-state index contributed by atoms with van der Waals surface area (Å²) in [5, 5.41) is 9.37. The summed E-state index contributed by atoms with van der Waals surface area (Å²) >= 11 is 1.70. The smallest absolute Gasteiger partial charge is 0.226 e. The first-order valence-corrected chi connectivity index (χ1v) is 10.9. The van der Waals surface area contributed by atoms with Crippen molar-refractivity contribution in [3.8, 4) is 17.3 Å². The quantitative estimate of drug-likeness (QED) is 0.523. The van der Waals surface area contributed by atoms with Gasteiger partial charge in [-0.1, -0.05) is 0 Å². The molecule has 0 spiro atoms. The van der Waals surface area contributed by atoms with Crippen molar-refractivity contribution < 1.29 is 4.21 Å². The van der Waals surface area contributed by atoms with Crippen LogP contribution in [0.25, 0.3) is 27.6 Å². The number of hydrogen-bond acceptors (Lipinski definition) is 8. The van der Waals surface area contributed by atoms with Crippen molar-refractivity contribution in [3.05, 3.63) is 35.4 Å². The molecule has 4 aromatic rings. The van der Waals surface area contributed by atoms with Crippen LogP contribution in [-0.2, 0) is 23.6 Å². The van der Waals surface area contributed by atoms with Crippen LogP contribution in [0.1, 0.15) is 23.3 Å². The number of nitrogens with zero attached hydrogens (tertiary/aromatic N) is 7. The van der Waals surface area contributed by atoms with E-state index in [0.717, 1.165) is 29.5 Å². The molecule has 1 aliphatic carbocycles. The Kier molecular flexibility index (Phi) is 4.01. The van der Waals surface area contributed by atoms with E-state index in [9.17, 15) is 4.21 Å². The Morgan fingerprint density at radius 2 is 2.07 bits per heavy atom. The Balaban J connectivity index is 1.84. The minimum Gasteiger partial charge on any atom is -0.261 e. The number of rotatable bonds is 3. The van der Waals surface area contributed by atoms with Crippen LogP contribution in [0.2, 0.25) is 0 Å². The lowest BCUT2D eigenvalue weighted by atomic mass is 9.97. The molecule has 0 saturated carbocycles. The van der Waals surface area contributed by atoms with Gasteiger partial charge in [-0.15, -0.1) is 21.5 Å². The molecule has 0 saturated heterocycles. The van der Waals surface area contributed by atoms with Crippen molar-refractivity contribution in [2.45, 2.75) is 30.8 Å². The van der Waals surface area contributed by atoms with E-state index >= 15 is 0 Å². The van der Waals surface area contributed by atoms with E-state index in [1.54, 1.807) is 47.1 Å². The van der Waals surface area contributed by atoms with E-state index in [1.807, 2.05) is 0 Å². The van der Waals surface area contributed by atoms with Gasteiger partial charge in [-0.3, -0.25) is 13.8 Å². The molecule has 0 radical (unpaired) electrons. The molecule has 0 amide bonds. The van der Waals surface area contributed by atoms with E-state index < -0.39 is 10.8 Å². The molecule has 5 rings (SSSR count). The van der Waals surface area contributed by atoms with Gasteiger partial charge in [0.25, 0.3) is 0 Å². The number of aromatic nitrogens is 7. The van der Waals surface area contributed by atoms with Crippen LogP contribution >= 0.6 is 11.3 Å². The van der Waals surface area contributed by atoms with Gasteiger partial charge < -0.3 is 0 Å². The lowest BCUT2D eigenvalue weighted by Crippen LogP contribution is -2.08. The first-order valence-electron chi connectivity index (χ1n) is 8.55. The van der Waals surface area contributed by atoms with Crippen molar-refractivity contribution in [3.63, 3.8) is 0 Å². The zero-order valence-electron chi connectivity index (χ0n) is 14.5. The van der Waals surface area contributed by atoms with E-state index in [4.69, 9.17) is 9.97 Å². The Bertz CT molecular complexity index is 1170. The predicted molar refractivity (Wildman–Crippen MR) is 102 cm³/mol. The van der Waals surface area contributed by atoms with Crippen LogP contribution in [0.15, 0.2) is 30.1 Å². The van der Waals surface area contributed by atoms with Gasteiger partial charge in [0.2, 0.25) is 5.16 Å². The lowest BCUT2D eigenvalue weighted by Gasteiger charge is -2.13. The third-order valence-corrected chi connectivity index (χ3v) is 6.57. The standard InChI is InChI=1S/C17H15N7OS2/c1-27(25)17-23-20-9-24(17)15-13-10-4-2-3-5-12(10)26-16(13)22-14(21-15)11-8-18-6-7-19-11/h6-9H,2-5H2,1H3. The van der Waals surface area contributed by atoms with Gasteiger partial charge in [0.1, 0.15) is 16.9 Å². The zero-order chi connectivity index (χ0) is 18.4. The fourth-order valence-corrected chi connectivity index (χ4v) is 5.24. The minimum atomic E-state index is -1.29. The molecule has 136 valence electrons. The van der Waals surface area contributed by atoms with E-state index in [0.29, 0.717) is 22.5 Å². The molecule has 10 heteroatoms. The first-order chi connectivity index (χ1) is 13.2. The van der Waals surface area contributed by atoms with Gasteiger partial charge in [-0.2, -0.15) is 0 Å². The molecule has 4 aromatic heterocycles. The number of fused-ring (bicyclic) bond motifs is 3. The summed E-state index contributed by atoms with van der Waals surface area (Å²) in [6.07, 6.45) is 12.4. The van der Waals surface area contributed by atoms with Crippen molar-refractivity contribution in [1.29, 1.82) is 0 Å². The van der Waals surface area contributed by atoms with Crippen molar-refractivity contribution in [1.82, 2.24) is 34.7 Å². The first kappa shape index (κ1) is 16.6. The summed E-state index contributed by atoms with van der Waals surface area (Å²) in [7, 11) is -1.29. The molecule has 4 heterocycles. The topological polar surface area (TPSA) is 99.3 Å². The zero-order valence-corrected chi connectivity index (χ0v) is 16.1. The second-order valence-electron chi connectivity index (χ2n) is 6.29. The number of aryl methyl sites for hydroxylation is 2. The lowest BCUT2D eigenvalue weighted by molar-refractivity contribution is 0.675. The van der Waals surface area contributed by atoms with Gasteiger partial charge in [0.15, 0.2) is 11.6 Å². The van der Waals surface area contributed by atoms with Gasteiger partial charge in [0, 0.05) is 23.5 Å². The van der Waals surface area contributed by atoms with Crippen LogP contribution < -0.4 is 0 Å². The third-order valence-electron chi connectivity index (χ3n) is 4.59.